The van der Waals surface area contributed by atoms with Crippen molar-refractivity contribution < 1.29 is 4.74 Å². The van der Waals surface area contributed by atoms with Crippen LogP contribution in [0.1, 0.15) is 32.6 Å². The van der Waals surface area contributed by atoms with E-state index < -0.39 is 0 Å². The van der Waals surface area contributed by atoms with Gasteiger partial charge in [0.2, 0.25) is 0 Å². The molecular formula is C9H19NO. The van der Waals surface area contributed by atoms with E-state index in [2.05, 4.69) is 12.2 Å². The normalized spacial score (nSPS) is 32.2. The molecule has 0 aromatic carbocycles. The van der Waals surface area contributed by atoms with Crippen molar-refractivity contribution in [2.24, 2.45) is 0 Å². The predicted octanol–water partition coefficient (Wildman–Crippen LogP) is 1.55. The Bertz CT molecular complexity index is 104. The van der Waals surface area contributed by atoms with Gasteiger partial charge in [-0.05, 0) is 32.2 Å². The van der Waals surface area contributed by atoms with Crippen LogP contribution in [0.2, 0.25) is 0 Å². The fourth-order valence-corrected chi connectivity index (χ4v) is 1.83. The highest BCUT2D eigenvalue weighted by molar-refractivity contribution is 4.77. The summed E-state index contributed by atoms with van der Waals surface area (Å²) in [5, 5.41) is 3.47. The van der Waals surface area contributed by atoms with Crippen molar-refractivity contribution in [3.05, 3.63) is 0 Å². The first kappa shape index (κ1) is 9.01. The number of nitrogens with one attached hydrogen (secondary N) is 1. The maximum atomic E-state index is 5.33. The lowest BCUT2D eigenvalue weighted by Crippen LogP contribution is -2.36. The Morgan fingerprint density at radius 3 is 2.91 bits per heavy atom. The van der Waals surface area contributed by atoms with Gasteiger partial charge in [0.1, 0.15) is 0 Å². The van der Waals surface area contributed by atoms with Crippen LogP contribution in [0.3, 0.4) is 0 Å². The van der Waals surface area contributed by atoms with E-state index in [4.69, 9.17) is 4.74 Å². The molecule has 11 heavy (non-hydrogen) atoms. The van der Waals surface area contributed by atoms with Gasteiger partial charge in [0.15, 0.2) is 0 Å². The summed E-state index contributed by atoms with van der Waals surface area (Å²) in [5.74, 6) is 0. The standard InChI is InChI=1S/C9H19NO/c1-3-10-8-5-4-6-9(7-8)11-2/h8-10H,3-7H2,1-2H3. The van der Waals surface area contributed by atoms with Crippen molar-refractivity contribution >= 4 is 0 Å². The van der Waals surface area contributed by atoms with Crippen LogP contribution in [0, 0.1) is 0 Å². The Morgan fingerprint density at radius 2 is 2.27 bits per heavy atom. The predicted molar refractivity (Wildman–Crippen MR) is 46.7 cm³/mol. The second kappa shape index (κ2) is 4.73. The molecule has 1 fully saturated rings. The molecular weight excluding hydrogens is 138 g/mol. The minimum atomic E-state index is 0.507. The molecule has 2 nitrogen and oxygen atoms in total. The summed E-state index contributed by atoms with van der Waals surface area (Å²) in [4.78, 5) is 0. The largest absolute Gasteiger partial charge is 0.381 e. The number of hydrogen-bond donors (Lipinski definition) is 1. The van der Waals surface area contributed by atoms with Crippen molar-refractivity contribution in [2.45, 2.75) is 44.8 Å². The quantitative estimate of drug-likeness (QED) is 0.671. The summed E-state index contributed by atoms with van der Waals surface area (Å²) in [7, 11) is 1.82. The molecule has 1 aliphatic carbocycles. The lowest BCUT2D eigenvalue weighted by molar-refractivity contribution is 0.0592. The average molecular weight is 157 g/mol. The van der Waals surface area contributed by atoms with E-state index in [1.165, 1.54) is 25.7 Å². The lowest BCUT2D eigenvalue weighted by Gasteiger charge is -2.28. The fraction of sp³-hybridized carbons (Fsp3) is 1.00. The van der Waals surface area contributed by atoms with E-state index >= 15 is 0 Å². The molecule has 0 aliphatic heterocycles. The molecule has 0 bridgehead atoms. The second-order valence-corrected chi connectivity index (χ2v) is 3.28. The molecule has 0 aromatic rings. The maximum absolute atomic E-state index is 5.33. The minimum Gasteiger partial charge on any atom is -0.381 e. The third kappa shape index (κ3) is 2.80. The van der Waals surface area contributed by atoms with Gasteiger partial charge in [-0.25, -0.2) is 0 Å². The van der Waals surface area contributed by atoms with Gasteiger partial charge in [-0.3, -0.25) is 0 Å². The molecule has 0 heterocycles. The fourth-order valence-electron chi connectivity index (χ4n) is 1.83. The monoisotopic (exact) mass is 157 g/mol. The zero-order valence-electron chi connectivity index (χ0n) is 7.60. The minimum absolute atomic E-state index is 0.507. The lowest BCUT2D eigenvalue weighted by atomic mass is 9.93. The van der Waals surface area contributed by atoms with Crippen molar-refractivity contribution in [3.8, 4) is 0 Å². The SMILES string of the molecule is CCNC1CCCC(OC)C1. The Hall–Kier alpha value is -0.0800. The highest BCUT2D eigenvalue weighted by atomic mass is 16.5. The van der Waals surface area contributed by atoms with Crippen LogP contribution in [0.4, 0.5) is 0 Å². The van der Waals surface area contributed by atoms with E-state index in [-0.39, 0.29) is 0 Å². The first-order chi connectivity index (χ1) is 5.36. The van der Waals surface area contributed by atoms with Gasteiger partial charge in [0.05, 0.1) is 6.10 Å². The van der Waals surface area contributed by atoms with E-state index in [1.54, 1.807) is 0 Å². The Kier molecular flexibility index (Phi) is 3.87. The van der Waals surface area contributed by atoms with Crippen molar-refractivity contribution in [1.29, 1.82) is 0 Å². The van der Waals surface area contributed by atoms with Crippen LogP contribution in [0.25, 0.3) is 0 Å². The first-order valence-corrected chi connectivity index (χ1v) is 4.63. The Morgan fingerprint density at radius 1 is 1.45 bits per heavy atom. The second-order valence-electron chi connectivity index (χ2n) is 3.28. The van der Waals surface area contributed by atoms with Gasteiger partial charge in [-0.1, -0.05) is 6.92 Å². The topological polar surface area (TPSA) is 21.3 Å². The molecule has 0 saturated heterocycles. The average Bonchev–Trinajstić information content (AvgIpc) is 2.06. The highest BCUT2D eigenvalue weighted by Gasteiger charge is 2.20. The highest BCUT2D eigenvalue weighted by Crippen LogP contribution is 2.20. The summed E-state index contributed by atoms with van der Waals surface area (Å²) in [5.41, 5.74) is 0. The van der Waals surface area contributed by atoms with Crippen LogP contribution < -0.4 is 5.32 Å². The molecule has 1 aliphatic rings. The molecule has 66 valence electrons. The van der Waals surface area contributed by atoms with Crippen molar-refractivity contribution in [2.75, 3.05) is 13.7 Å². The van der Waals surface area contributed by atoms with Crippen LogP contribution in [0.5, 0.6) is 0 Å². The molecule has 2 unspecified atom stereocenters. The molecule has 2 atom stereocenters. The number of rotatable bonds is 3. The van der Waals surface area contributed by atoms with Crippen molar-refractivity contribution in [3.63, 3.8) is 0 Å². The third-order valence-corrected chi connectivity index (χ3v) is 2.45. The van der Waals surface area contributed by atoms with Gasteiger partial charge in [0, 0.05) is 13.2 Å². The molecule has 0 aromatic heterocycles. The zero-order valence-corrected chi connectivity index (χ0v) is 7.60. The smallest absolute Gasteiger partial charge is 0.0586 e. The Balaban J connectivity index is 2.21. The van der Waals surface area contributed by atoms with Gasteiger partial charge in [-0.2, -0.15) is 0 Å². The molecule has 2 heteroatoms. The number of methoxy groups -OCH3 is 1. The van der Waals surface area contributed by atoms with Crippen LogP contribution in [-0.2, 0) is 4.74 Å². The molecule has 1 N–H and O–H groups in total. The molecule has 0 spiro atoms. The number of ether oxygens (including phenoxy) is 1. The molecule has 1 rings (SSSR count). The summed E-state index contributed by atoms with van der Waals surface area (Å²) in [6.45, 7) is 3.25. The summed E-state index contributed by atoms with van der Waals surface area (Å²) in [6.07, 6.45) is 5.60. The number of hydrogen-bond acceptors (Lipinski definition) is 2. The summed E-state index contributed by atoms with van der Waals surface area (Å²) >= 11 is 0. The van der Waals surface area contributed by atoms with Crippen LogP contribution in [-0.4, -0.2) is 25.8 Å². The van der Waals surface area contributed by atoms with Crippen LogP contribution >= 0.6 is 0 Å². The maximum Gasteiger partial charge on any atom is 0.0586 e. The summed E-state index contributed by atoms with van der Waals surface area (Å²) in [6, 6.07) is 0.707. The van der Waals surface area contributed by atoms with Gasteiger partial charge < -0.3 is 10.1 Å². The first-order valence-electron chi connectivity index (χ1n) is 4.63. The van der Waals surface area contributed by atoms with E-state index in [0.717, 1.165) is 6.54 Å². The van der Waals surface area contributed by atoms with E-state index in [9.17, 15) is 0 Å². The van der Waals surface area contributed by atoms with Crippen LogP contribution in [0.15, 0.2) is 0 Å². The molecule has 0 amide bonds. The van der Waals surface area contributed by atoms with Gasteiger partial charge in [0.25, 0.3) is 0 Å². The third-order valence-electron chi connectivity index (χ3n) is 2.45. The molecule has 1 saturated carbocycles. The summed E-state index contributed by atoms with van der Waals surface area (Å²) < 4.78 is 5.33. The van der Waals surface area contributed by atoms with E-state index in [1.807, 2.05) is 7.11 Å². The van der Waals surface area contributed by atoms with Gasteiger partial charge >= 0.3 is 0 Å². The zero-order chi connectivity index (χ0) is 8.10. The van der Waals surface area contributed by atoms with Gasteiger partial charge in [-0.15, -0.1) is 0 Å². The van der Waals surface area contributed by atoms with E-state index in [0.29, 0.717) is 12.1 Å². The van der Waals surface area contributed by atoms with Crippen molar-refractivity contribution in [1.82, 2.24) is 5.32 Å². The Labute approximate surface area is 69.3 Å². The molecule has 0 radical (unpaired) electrons.